The van der Waals surface area contributed by atoms with Gasteiger partial charge in [-0.25, -0.2) is 9.97 Å². The number of para-hydroxylation sites is 1. The zero-order chi connectivity index (χ0) is 36.1. The van der Waals surface area contributed by atoms with Crippen molar-refractivity contribution in [2.24, 2.45) is 0 Å². The van der Waals surface area contributed by atoms with Gasteiger partial charge in [-0.3, -0.25) is 0 Å². The number of hydrogen-bond acceptors (Lipinski definition) is 3. The van der Waals surface area contributed by atoms with Gasteiger partial charge in [-0.1, -0.05) is 188 Å². The van der Waals surface area contributed by atoms with Crippen molar-refractivity contribution >= 4 is 66.5 Å². The molecule has 10 rings (SSSR count). The van der Waals surface area contributed by atoms with E-state index in [1.165, 1.54) is 5.56 Å². The molecule has 0 bridgehead atoms. The van der Waals surface area contributed by atoms with Crippen molar-refractivity contribution in [2.45, 2.75) is 0 Å². The van der Waals surface area contributed by atoms with Crippen molar-refractivity contribution in [3.05, 3.63) is 200 Å². The van der Waals surface area contributed by atoms with Crippen LogP contribution >= 0.6 is 7.14 Å². The van der Waals surface area contributed by atoms with Crippen LogP contribution in [0, 0.1) is 0 Å². The van der Waals surface area contributed by atoms with E-state index in [9.17, 15) is 4.57 Å². The molecule has 4 heteroatoms. The Bertz CT molecular complexity index is 3010. The largest absolute Gasteiger partial charge is 0.309 e. The summed E-state index contributed by atoms with van der Waals surface area (Å²) in [5.74, 6) is 0. The molecule has 8 aromatic carbocycles. The quantitative estimate of drug-likeness (QED) is 0.0981. The van der Waals surface area contributed by atoms with E-state index in [0.717, 1.165) is 87.3 Å². The second-order valence-corrected chi connectivity index (χ2v) is 16.4. The molecule has 0 saturated heterocycles. The summed E-state index contributed by atoms with van der Waals surface area (Å²) in [6, 6.07) is 68.4. The van der Waals surface area contributed by atoms with E-state index in [0.29, 0.717) is 0 Å². The molecule has 0 atom stereocenters. The fourth-order valence-electron chi connectivity index (χ4n) is 7.95. The maximum absolute atomic E-state index is 15.0. The molecule has 0 saturated carbocycles. The normalized spacial score (nSPS) is 11.8. The Morgan fingerprint density at radius 1 is 0.352 bits per heavy atom. The highest BCUT2D eigenvalue weighted by atomic mass is 31.2. The molecule has 0 aliphatic heterocycles. The number of benzene rings is 8. The van der Waals surface area contributed by atoms with E-state index < -0.39 is 7.14 Å². The zero-order valence-electron chi connectivity index (χ0n) is 29.3. The molecule has 0 spiro atoms. The molecule has 2 heterocycles. The highest BCUT2D eigenvalue weighted by Gasteiger charge is 2.29. The summed E-state index contributed by atoms with van der Waals surface area (Å²) in [4.78, 5) is 10.6. The fourth-order valence-corrected chi connectivity index (χ4v) is 10.6. The number of rotatable bonds is 6. The summed E-state index contributed by atoms with van der Waals surface area (Å²) in [7, 11) is -3.07. The first kappa shape index (κ1) is 32.0. The second-order valence-electron chi connectivity index (χ2n) is 13.6. The zero-order valence-corrected chi connectivity index (χ0v) is 30.2. The molecule has 0 aliphatic carbocycles. The third-order valence-electron chi connectivity index (χ3n) is 10.6. The number of pyridine rings is 2. The van der Waals surface area contributed by atoms with Gasteiger partial charge in [-0.2, -0.15) is 0 Å². The van der Waals surface area contributed by atoms with Gasteiger partial charge < -0.3 is 4.57 Å². The fraction of sp³-hybridized carbons (Fsp3) is 0. The molecule has 0 amide bonds. The monoisotopic (exact) mass is 708 g/mol. The average Bonchev–Trinajstić information content (AvgIpc) is 3.25. The average molecular weight is 709 g/mol. The molecule has 0 aliphatic rings. The van der Waals surface area contributed by atoms with Crippen molar-refractivity contribution in [2.75, 3.05) is 0 Å². The SMILES string of the molecule is O=P(c1ccccc1)(c1ccccc1)c1ccc(-c2ccc(-c3ccc4ccc5c(-c6ccccc6)c6ccccc6nc5c4n3)c3ccccc23)cc1. The van der Waals surface area contributed by atoms with Crippen LogP contribution in [0.3, 0.4) is 0 Å². The van der Waals surface area contributed by atoms with Gasteiger partial charge in [-0.05, 0) is 39.6 Å². The van der Waals surface area contributed by atoms with E-state index in [1.54, 1.807) is 0 Å². The first-order valence-corrected chi connectivity index (χ1v) is 19.9. The van der Waals surface area contributed by atoms with Crippen LogP contribution < -0.4 is 15.9 Å². The van der Waals surface area contributed by atoms with Gasteiger partial charge in [0, 0.05) is 43.2 Å². The number of hydrogen-bond donors (Lipinski definition) is 0. The van der Waals surface area contributed by atoms with Crippen LogP contribution in [0.1, 0.15) is 0 Å². The van der Waals surface area contributed by atoms with Crippen molar-refractivity contribution in [3.8, 4) is 33.5 Å². The van der Waals surface area contributed by atoms with Gasteiger partial charge in [0.15, 0.2) is 7.14 Å². The predicted molar refractivity (Wildman–Crippen MR) is 228 cm³/mol. The van der Waals surface area contributed by atoms with Crippen LogP contribution in [0.4, 0.5) is 0 Å². The third-order valence-corrected chi connectivity index (χ3v) is 13.6. The van der Waals surface area contributed by atoms with Crippen LogP contribution in [0.5, 0.6) is 0 Å². The maximum atomic E-state index is 15.0. The van der Waals surface area contributed by atoms with E-state index in [4.69, 9.17) is 9.97 Å². The Labute approximate surface area is 313 Å². The van der Waals surface area contributed by atoms with Crippen LogP contribution in [-0.2, 0) is 4.57 Å². The minimum Gasteiger partial charge on any atom is -0.309 e. The van der Waals surface area contributed by atoms with Gasteiger partial charge in [0.1, 0.15) is 0 Å². The highest BCUT2D eigenvalue weighted by Crippen LogP contribution is 2.44. The molecule has 0 N–H and O–H groups in total. The Hall–Kier alpha value is -6.67. The molecular formula is C50H33N2OP. The summed E-state index contributed by atoms with van der Waals surface area (Å²) in [6.07, 6.45) is 0. The number of nitrogens with zero attached hydrogens (tertiary/aromatic N) is 2. The molecule has 0 fully saturated rings. The van der Waals surface area contributed by atoms with E-state index >= 15 is 0 Å². The van der Waals surface area contributed by atoms with Crippen molar-refractivity contribution in [3.63, 3.8) is 0 Å². The molecule has 3 nitrogen and oxygen atoms in total. The van der Waals surface area contributed by atoms with Gasteiger partial charge in [0.05, 0.1) is 22.2 Å². The molecular weight excluding hydrogens is 676 g/mol. The van der Waals surface area contributed by atoms with Gasteiger partial charge in [-0.15, -0.1) is 0 Å². The summed E-state index contributed by atoms with van der Waals surface area (Å²) >= 11 is 0. The Balaban J connectivity index is 1.10. The van der Waals surface area contributed by atoms with Gasteiger partial charge >= 0.3 is 0 Å². The van der Waals surface area contributed by atoms with E-state index in [2.05, 4.69) is 121 Å². The molecule has 0 unspecified atom stereocenters. The van der Waals surface area contributed by atoms with Crippen LogP contribution in [0.2, 0.25) is 0 Å². The lowest BCUT2D eigenvalue weighted by atomic mass is 9.93. The van der Waals surface area contributed by atoms with E-state index in [1.807, 2.05) is 78.9 Å². The molecule has 0 radical (unpaired) electrons. The third kappa shape index (κ3) is 5.24. The Kier molecular flexibility index (Phi) is 7.75. The summed E-state index contributed by atoms with van der Waals surface area (Å²) in [5.41, 5.74) is 9.22. The summed E-state index contributed by atoms with van der Waals surface area (Å²) in [6.45, 7) is 0. The second kappa shape index (κ2) is 13.1. The molecule has 254 valence electrons. The smallest absolute Gasteiger partial charge is 0.171 e. The lowest BCUT2D eigenvalue weighted by molar-refractivity contribution is 0.592. The van der Waals surface area contributed by atoms with Crippen LogP contribution in [0.15, 0.2) is 200 Å². The number of fused-ring (bicyclic) bond motifs is 5. The molecule has 54 heavy (non-hydrogen) atoms. The van der Waals surface area contributed by atoms with Crippen molar-refractivity contribution in [1.29, 1.82) is 0 Å². The number of aromatic nitrogens is 2. The predicted octanol–water partition coefficient (Wildman–Crippen LogP) is 11.7. The standard InChI is InChI=1S/C50H33N2OP/c53-54(37-16-6-2-7-17-37,38-18-8-3-9-19-38)39-28-24-34(25-29-39)40-31-32-43(42-21-11-10-20-41(40)42)47-33-27-36-26-30-45-48(35-14-4-1-5-15-35)44-22-12-13-23-46(44)52-50(45)49(36)51-47/h1-33H. The topological polar surface area (TPSA) is 42.9 Å². The first-order valence-electron chi connectivity index (χ1n) is 18.2. The maximum Gasteiger partial charge on any atom is 0.171 e. The van der Waals surface area contributed by atoms with E-state index in [-0.39, 0.29) is 0 Å². The van der Waals surface area contributed by atoms with Gasteiger partial charge in [0.25, 0.3) is 0 Å². The van der Waals surface area contributed by atoms with Gasteiger partial charge in [0.2, 0.25) is 0 Å². The Morgan fingerprint density at radius 2 is 0.889 bits per heavy atom. The first-order chi connectivity index (χ1) is 26.7. The van der Waals surface area contributed by atoms with Crippen molar-refractivity contribution in [1.82, 2.24) is 9.97 Å². The highest BCUT2D eigenvalue weighted by molar-refractivity contribution is 7.85. The molecule has 10 aromatic rings. The van der Waals surface area contributed by atoms with Crippen molar-refractivity contribution < 1.29 is 4.57 Å². The van der Waals surface area contributed by atoms with Crippen LogP contribution in [0.25, 0.3) is 77.0 Å². The summed E-state index contributed by atoms with van der Waals surface area (Å²) < 4.78 is 15.0. The van der Waals surface area contributed by atoms with Crippen LogP contribution in [-0.4, -0.2) is 9.97 Å². The Morgan fingerprint density at radius 3 is 1.57 bits per heavy atom. The lowest BCUT2D eigenvalue weighted by Crippen LogP contribution is -2.24. The summed E-state index contributed by atoms with van der Waals surface area (Å²) in [5, 5.41) is 7.99. The minimum atomic E-state index is -3.07. The molecule has 2 aromatic heterocycles. The lowest BCUT2D eigenvalue weighted by Gasteiger charge is -2.20. The minimum absolute atomic E-state index is 0.814.